The number of aryl methyl sites for hydroxylation is 1. The van der Waals surface area contributed by atoms with Gasteiger partial charge in [0.15, 0.2) is 0 Å². The highest BCUT2D eigenvalue weighted by atomic mass is 14.8. The van der Waals surface area contributed by atoms with E-state index in [2.05, 4.69) is 71.0 Å². The van der Waals surface area contributed by atoms with Crippen LogP contribution < -0.4 is 5.73 Å². The van der Waals surface area contributed by atoms with Crippen LogP contribution in [0.4, 0.5) is 0 Å². The third kappa shape index (κ3) is 1.66. The Bertz CT molecular complexity index is 653. The summed E-state index contributed by atoms with van der Waals surface area (Å²) >= 11 is 0. The molecule has 2 aromatic carbocycles. The minimum Gasteiger partial charge on any atom is -0.324 e. The average molecular weight is 267 g/mol. The van der Waals surface area contributed by atoms with E-state index >= 15 is 0 Å². The maximum atomic E-state index is 6.72. The molecule has 1 unspecified atom stereocenters. The summed E-state index contributed by atoms with van der Waals surface area (Å²) in [6, 6.07) is 13.1. The van der Waals surface area contributed by atoms with Crippen LogP contribution in [-0.2, 0) is 0 Å². The monoisotopic (exact) mass is 267 g/mol. The molecule has 0 aromatic heterocycles. The van der Waals surface area contributed by atoms with Crippen molar-refractivity contribution in [3.63, 3.8) is 0 Å². The van der Waals surface area contributed by atoms with Gasteiger partial charge in [-0.05, 0) is 45.6 Å². The average Bonchev–Trinajstić information content (AvgIpc) is 2.79. The molecule has 1 fully saturated rings. The van der Waals surface area contributed by atoms with Crippen molar-refractivity contribution in [2.75, 3.05) is 0 Å². The molecule has 1 atom stereocenters. The van der Waals surface area contributed by atoms with Gasteiger partial charge in [0.05, 0.1) is 0 Å². The van der Waals surface area contributed by atoms with Crippen LogP contribution in [0.25, 0.3) is 10.8 Å². The maximum absolute atomic E-state index is 6.72. The van der Waals surface area contributed by atoms with Crippen molar-refractivity contribution >= 4 is 10.8 Å². The first kappa shape index (κ1) is 13.6. The molecule has 0 aliphatic heterocycles. The van der Waals surface area contributed by atoms with Crippen molar-refractivity contribution in [3.05, 3.63) is 47.5 Å². The highest BCUT2D eigenvalue weighted by Crippen LogP contribution is 2.72. The third-order valence-corrected chi connectivity index (χ3v) is 6.01. The van der Waals surface area contributed by atoms with E-state index in [1.807, 2.05) is 0 Å². The molecule has 2 aromatic rings. The topological polar surface area (TPSA) is 26.0 Å². The van der Waals surface area contributed by atoms with Gasteiger partial charge in [-0.3, -0.25) is 0 Å². The molecule has 0 saturated heterocycles. The molecule has 1 aliphatic carbocycles. The van der Waals surface area contributed by atoms with Gasteiger partial charge in [0, 0.05) is 6.04 Å². The van der Waals surface area contributed by atoms with E-state index in [1.165, 1.54) is 21.9 Å². The van der Waals surface area contributed by atoms with Crippen molar-refractivity contribution in [2.24, 2.45) is 22.5 Å². The first-order chi connectivity index (χ1) is 9.28. The lowest BCUT2D eigenvalue weighted by Crippen LogP contribution is -2.18. The van der Waals surface area contributed by atoms with E-state index < -0.39 is 0 Å². The number of rotatable bonds is 2. The Labute approximate surface area is 122 Å². The van der Waals surface area contributed by atoms with Gasteiger partial charge in [0.2, 0.25) is 0 Å². The molecule has 0 amide bonds. The van der Waals surface area contributed by atoms with Crippen LogP contribution >= 0.6 is 0 Å². The molecule has 1 nitrogen and oxygen atoms in total. The Morgan fingerprint density at radius 2 is 1.55 bits per heavy atom. The molecule has 0 bridgehead atoms. The van der Waals surface area contributed by atoms with Gasteiger partial charge >= 0.3 is 0 Å². The second-order valence-electron chi connectivity index (χ2n) is 7.46. The Hall–Kier alpha value is -1.34. The number of nitrogens with two attached hydrogens (primary N) is 1. The minimum atomic E-state index is 0.117. The van der Waals surface area contributed by atoms with E-state index in [9.17, 15) is 0 Å². The Morgan fingerprint density at radius 1 is 0.950 bits per heavy atom. The molecule has 1 aliphatic rings. The van der Waals surface area contributed by atoms with Crippen molar-refractivity contribution < 1.29 is 0 Å². The molecule has 0 spiro atoms. The van der Waals surface area contributed by atoms with Gasteiger partial charge < -0.3 is 5.73 Å². The maximum Gasteiger partial charge on any atom is 0.0343 e. The van der Waals surface area contributed by atoms with E-state index in [0.29, 0.717) is 16.7 Å². The summed E-state index contributed by atoms with van der Waals surface area (Å²) in [4.78, 5) is 0. The summed E-state index contributed by atoms with van der Waals surface area (Å²) in [5, 5.41) is 2.61. The quantitative estimate of drug-likeness (QED) is 0.828. The lowest BCUT2D eigenvalue weighted by atomic mass is 9.89. The molecular formula is C19H25N. The summed E-state index contributed by atoms with van der Waals surface area (Å²) < 4.78 is 0. The van der Waals surface area contributed by atoms with Crippen LogP contribution in [0.2, 0.25) is 0 Å². The lowest BCUT2D eigenvalue weighted by Gasteiger charge is -2.19. The predicted molar refractivity (Wildman–Crippen MR) is 86.7 cm³/mol. The second kappa shape index (κ2) is 4.08. The van der Waals surface area contributed by atoms with Crippen molar-refractivity contribution in [1.82, 2.24) is 0 Å². The van der Waals surface area contributed by atoms with Crippen molar-refractivity contribution in [3.8, 4) is 0 Å². The second-order valence-corrected chi connectivity index (χ2v) is 7.46. The molecule has 0 heterocycles. The smallest absolute Gasteiger partial charge is 0.0343 e. The van der Waals surface area contributed by atoms with Gasteiger partial charge in [0.25, 0.3) is 0 Å². The van der Waals surface area contributed by atoms with Crippen LogP contribution in [-0.4, -0.2) is 0 Å². The normalized spacial score (nSPS) is 21.9. The fourth-order valence-electron chi connectivity index (χ4n) is 4.16. The van der Waals surface area contributed by atoms with Crippen LogP contribution in [0.5, 0.6) is 0 Å². The number of fused-ring (bicyclic) bond motifs is 1. The molecule has 0 radical (unpaired) electrons. The molecule has 3 rings (SSSR count). The van der Waals surface area contributed by atoms with Gasteiger partial charge in [-0.25, -0.2) is 0 Å². The van der Waals surface area contributed by atoms with Crippen LogP contribution in [0.15, 0.2) is 36.4 Å². The Kier molecular flexibility index (Phi) is 2.78. The zero-order valence-corrected chi connectivity index (χ0v) is 13.2. The third-order valence-electron chi connectivity index (χ3n) is 6.01. The summed E-state index contributed by atoms with van der Waals surface area (Å²) in [6.07, 6.45) is 0. The Balaban J connectivity index is 2.14. The summed E-state index contributed by atoms with van der Waals surface area (Å²) in [5.41, 5.74) is 10.0. The van der Waals surface area contributed by atoms with Crippen molar-refractivity contribution in [1.29, 1.82) is 0 Å². The van der Waals surface area contributed by atoms with Gasteiger partial charge in [-0.1, -0.05) is 64.1 Å². The van der Waals surface area contributed by atoms with Gasteiger partial charge in [-0.2, -0.15) is 0 Å². The zero-order chi connectivity index (χ0) is 14.7. The summed E-state index contributed by atoms with van der Waals surface area (Å²) in [6.45, 7) is 11.6. The van der Waals surface area contributed by atoms with E-state index in [1.54, 1.807) is 0 Å². The molecule has 106 valence electrons. The molecule has 20 heavy (non-hydrogen) atoms. The summed E-state index contributed by atoms with van der Waals surface area (Å²) in [5.74, 6) is 0.541. The SMILES string of the molecule is Cc1ccc2ccccc2c1C(N)C1C(C)(C)C1(C)C. The number of hydrogen-bond donors (Lipinski definition) is 1. The first-order valence-corrected chi connectivity index (χ1v) is 7.52. The largest absolute Gasteiger partial charge is 0.324 e. The summed E-state index contributed by atoms with van der Waals surface area (Å²) in [7, 11) is 0. The highest BCUT2D eigenvalue weighted by Gasteiger charge is 2.66. The van der Waals surface area contributed by atoms with Gasteiger partial charge in [-0.15, -0.1) is 0 Å². The number of hydrogen-bond acceptors (Lipinski definition) is 1. The van der Waals surface area contributed by atoms with Crippen LogP contribution in [0.1, 0.15) is 44.9 Å². The van der Waals surface area contributed by atoms with E-state index in [0.717, 1.165) is 0 Å². The number of benzene rings is 2. The van der Waals surface area contributed by atoms with E-state index in [4.69, 9.17) is 5.73 Å². The molecular weight excluding hydrogens is 242 g/mol. The highest BCUT2D eigenvalue weighted by molar-refractivity contribution is 5.87. The predicted octanol–water partition coefficient (Wildman–Crippen LogP) is 4.83. The molecule has 1 heteroatoms. The van der Waals surface area contributed by atoms with Gasteiger partial charge in [0.1, 0.15) is 0 Å². The fourth-order valence-corrected chi connectivity index (χ4v) is 4.16. The van der Waals surface area contributed by atoms with E-state index in [-0.39, 0.29) is 6.04 Å². The first-order valence-electron chi connectivity index (χ1n) is 7.52. The van der Waals surface area contributed by atoms with Crippen LogP contribution in [0, 0.1) is 23.7 Å². The van der Waals surface area contributed by atoms with Crippen LogP contribution in [0.3, 0.4) is 0 Å². The minimum absolute atomic E-state index is 0.117. The fraction of sp³-hybridized carbons (Fsp3) is 0.474. The standard InChI is InChI=1S/C19H25N/c1-12-10-11-13-8-6-7-9-14(13)15(12)16(20)17-18(2,3)19(17,4)5/h6-11,16-17H,20H2,1-5H3. The zero-order valence-electron chi connectivity index (χ0n) is 13.2. The molecule has 2 N–H and O–H groups in total. The lowest BCUT2D eigenvalue weighted by molar-refractivity contribution is 0.457. The molecule has 1 saturated carbocycles. The van der Waals surface area contributed by atoms with Crippen molar-refractivity contribution in [2.45, 2.75) is 40.7 Å². The Morgan fingerprint density at radius 3 is 2.15 bits per heavy atom.